The lowest BCUT2D eigenvalue weighted by Gasteiger charge is -2.07. The molecule has 0 N–H and O–H groups in total. The molecule has 0 spiro atoms. The zero-order valence-electron chi connectivity index (χ0n) is 15.5. The molecule has 0 aliphatic carbocycles. The van der Waals surface area contributed by atoms with E-state index in [0.717, 1.165) is 32.1 Å². The van der Waals surface area contributed by atoms with Crippen molar-refractivity contribution in [1.82, 2.24) is 0 Å². The lowest BCUT2D eigenvalue weighted by molar-refractivity contribution is 0.0499. The van der Waals surface area contributed by atoms with Gasteiger partial charge in [0.05, 0.1) is 17.7 Å². The molecule has 0 amide bonds. The number of aryl methyl sites for hydroxylation is 1. The van der Waals surface area contributed by atoms with Crippen molar-refractivity contribution in [2.75, 3.05) is 6.61 Å². The highest BCUT2D eigenvalue weighted by Crippen LogP contribution is 2.16. The van der Waals surface area contributed by atoms with E-state index in [0.29, 0.717) is 23.5 Å². The summed E-state index contributed by atoms with van der Waals surface area (Å²) in [7, 11) is 0. The van der Waals surface area contributed by atoms with Crippen LogP contribution >= 0.6 is 0 Å². The van der Waals surface area contributed by atoms with Crippen LogP contribution < -0.4 is 4.74 Å². The minimum atomic E-state index is -0.447. The summed E-state index contributed by atoms with van der Waals surface area (Å²) in [6.45, 7) is 4.60. The first-order chi connectivity index (χ1) is 12.6. The second kappa shape index (κ2) is 10.4. The maximum Gasteiger partial charge on any atom is 0.343 e. The average molecular weight is 354 g/mol. The average Bonchev–Trinajstić information content (AvgIpc) is 2.67. The van der Waals surface area contributed by atoms with Crippen LogP contribution in [0.15, 0.2) is 48.5 Å². The minimum absolute atomic E-state index is 0.374. The number of carbonyl (C=O) groups excluding carboxylic acids is 2. The standard InChI is InChI=1S/C22H26O4/c1-3-5-7-17-8-14-20(15-9-17)26-22(24)19-12-10-18(11-13-19)21(23)25-16-6-4-2/h8-15H,3-7,16H2,1-2H3. The third kappa shape index (κ3) is 6.03. The van der Waals surface area contributed by atoms with Gasteiger partial charge in [-0.3, -0.25) is 0 Å². The molecular weight excluding hydrogens is 328 g/mol. The maximum absolute atomic E-state index is 12.2. The van der Waals surface area contributed by atoms with Crippen molar-refractivity contribution < 1.29 is 19.1 Å². The summed E-state index contributed by atoms with van der Waals surface area (Å²) < 4.78 is 10.5. The molecule has 0 aliphatic heterocycles. The van der Waals surface area contributed by atoms with Gasteiger partial charge in [0.2, 0.25) is 0 Å². The predicted octanol–water partition coefficient (Wildman–Crippen LogP) is 5.21. The smallest absolute Gasteiger partial charge is 0.343 e. The summed E-state index contributed by atoms with van der Waals surface area (Å²) in [6.07, 6.45) is 5.14. The molecule has 0 aromatic heterocycles. The fraction of sp³-hybridized carbons (Fsp3) is 0.364. The van der Waals surface area contributed by atoms with E-state index in [4.69, 9.17) is 9.47 Å². The Balaban J connectivity index is 1.92. The number of esters is 2. The Labute approximate surface area is 155 Å². The second-order valence-electron chi connectivity index (χ2n) is 6.20. The molecule has 0 atom stereocenters. The Morgan fingerprint density at radius 2 is 1.35 bits per heavy atom. The summed E-state index contributed by atoms with van der Waals surface area (Å²) in [5.41, 5.74) is 2.06. The molecule has 0 radical (unpaired) electrons. The highest BCUT2D eigenvalue weighted by atomic mass is 16.5. The van der Waals surface area contributed by atoms with Gasteiger partial charge in [-0.2, -0.15) is 0 Å². The summed E-state index contributed by atoms with van der Waals surface area (Å²) in [6, 6.07) is 13.9. The molecular formula is C22H26O4. The molecule has 4 nitrogen and oxygen atoms in total. The van der Waals surface area contributed by atoms with Gasteiger partial charge >= 0.3 is 11.9 Å². The van der Waals surface area contributed by atoms with Crippen LogP contribution in [0.1, 0.15) is 65.8 Å². The lowest BCUT2D eigenvalue weighted by atomic mass is 10.1. The molecule has 0 saturated heterocycles. The molecule has 2 aromatic carbocycles. The first kappa shape index (κ1) is 19.7. The third-order valence-corrected chi connectivity index (χ3v) is 4.04. The van der Waals surface area contributed by atoms with Crippen LogP contribution in [0.2, 0.25) is 0 Å². The first-order valence-corrected chi connectivity index (χ1v) is 9.22. The minimum Gasteiger partial charge on any atom is -0.462 e. The maximum atomic E-state index is 12.2. The quantitative estimate of drug-likeness (QED) is 0.352. The number of carbonyl (C=O) groups is 2. The number of unbranched alkanes of at least 4 members (excludes halogenated alkanes) is 2. The van der Waals surface area contributed by atoms with Gasteiger partial charge in [0.25, 0.3) is 0 Å². The van der Waals surface area contributed by atoms with Gasteiger partial charge in [-0.1, -0.05) is 38.8 Å². The van der Waals surface area contributed by atoms with E-state index in [9.17, 15) is 9.59 Å². The van der Waals surface area contributed by atoms with Crippen LogP contribution in [-0.4, -0.2) is 18.5 Å². The Bertz CT molecular complexity index is 702. The molecule has 0 unspecified atom stereocenters. The SMILES string of the molecule is CCCCOC(=O)c1ccc(C(=O)Oc2ccc(CCCC)cc2)cc1. The van der Waals surface area contributed by atoms with Crippen LogP contribution in [0.5, 0.6) is 5.75 Å². The van der Waals surface area contributed by atoms with Gasteiger partial charge in [-0.25, -0.2) is 9.59 Å². The zero-order valence-corrected chi connectivity index (χ0v) is 15.5. The summed E-state index contributed by atoms with van der Waals surface area (Å²) in [4.78, 5) is 24.1. The predicted molar refractivity (Wildman–Crippen MR) is 102 cm³/mol. The number of ether oxygens (including phenoxy) is 2. The fourth-order valence-corrected chi connectivity index (χ4v) is 2.41. The van der Waals surface area contributed by atoms with Gasteiger partial charge < -0.3 is 9.47 Å². The van der Waals surface area contributed by atoms with Crippen molar-refractivity contribution in [1.29, 1.82) is 0 Å². The Morgan fingerprint density at radius 3 is 1.92 bits per heavy atom. The third-order valence-electron chi connectivity index (χ3n) is 4.04. The van der Waals surface area contributed by atoms with E-state index < -0.39 is 5.97 Å². The van der Waals surface area contributed by atoms with Crippen molar-refractivity contribution in [3.63, 3.8) is 0 Å². The Hall–Kier alpha value is -2.62. The van der Waals surface area contributed by atoms with E-state index in [2.05, 4.69) is 6.92 Å². The van der Waals surface area contributed by atoms with Gasteiger partial charge in [0, 0.05) is 0 Å². The normalized spacial score (nSPS) is 10.4. The van der Waals surface area contributed by atoms with Crippen molar-refractivity contribution in [3.05, 3.63) is 65.2 Å². The molecule has 26 heavy (non-hydrogen) atoms. The number of hydrogen-bond donors (Lipinski definition) is 0. The molecule has 138 valence electrons. The van der Waals surface area contributed by atoms with Crippen LogP contribution in [0, 0.1) is 0 Å². The molecule has 0 saturated carbocycles. The van der Waals surface area contributed by atoms with Crippen molar-refractivity contribution in [2.45, 2.75) is 46.0 Å². The zero-order chi connectivity index (χ0) is 18.8. The molecule has 0 aliphatic rings. The topological polar surface area (TPSA) is 52.6 Å². The highest BCUT2D eigenvalue weighted by Gasteiger charge is 2.11. The monoisotopic (exact) mass is 354 g/mol. The fourth-order valence-electron chi connectivity index (χ4n) is 2.41. The summed E-state index contributed by atoms with van der Waals surface area (Å²) in [5.74, 6) is -0.309. The number of rotatable bonds is 9. The molecule has 0 bridgehead atoms. The van der Waals surface area contributed by atoms with E-state index in [1.165, 1.54) is 5.56 Å². The lowest BCUT2D eigenvalue weighted by Crippen LogP contribution is -2.10. The number of benzene rings is 2. The van der Waals surface area contributed by atoms with E-state index in [-0.39, 0.29) is 5.97 Å². The second-order valence-corrected chi connectivity index (χ2v) is 6.20. The molecule has 0 heterocycles. The van der Waals surface area contributed by atoms with Crippen LogP contribution in [0.4, 0.5) is 0 Å². The van der Waals surface area contributed by atoms with Crippen molar-refractivity contribution in [3.8, 4) is 5.75 Å². The van der Waals surface area contributed by atoms with E-state index in [1.54, 1.807) is 24.3 Å². The van der Waals surface area contributed by atoms with E-state index in [1.807, 2.05) is 31.2 Å². The summed E-state index contributed by atoms with van der Waals surface area (Å²) in [5, 5.41) is 0. The van der Waals surface area contributed by atoms with Crippen LogP contribution in [0.25, 0.3) is 0 Å². The van der Waals surface area contributed by atoms with Gasteiger partial charge in [-0.15, -0.1) is 0 Å². The highest BCUT2D eigenvalue weighted by molar-refractivity contribution is 5.94. The molecule has 4 heteroatoms. The largest absolute Gasteiger partial charge is 0.462 e. The van der Waals surface area contributed by atoms with Crippen molar-refractivity contribution >= 4 is 11.9 Å². The Kier molecular flexibility index (Phi) is 7.87. The Morgan fingerprint density at radius 1 is 0.769 bits per heavy atom. The van der Waals surface area contributed by atoms with Crippen LogP contribution in [-0.2, 0) is 11.2 Å². The van der Waals surface area contributed by atoms with Crippen molar-refractivity contribution in [2.24, 2.45) is 0 Å². The molecule has 0 fully saturated rings. The molecule has 2 rings (SSSR count). The van der Waals surface area contributed by atoms with Gasteiger partial charge in [0.1, 0.15) is 5.75 Å². The van der Waals surface area contributed by atoms with E-state index >= 15 is 0 Å². The number of hydrogen-bond acceptors (Lipinski definition) is 4. The van der Waals surface area contributed by atoms with Gasteiger partial charge in [0.15, 0.2) is 0 Å². The first-order valence-electron chi connectivity index (χ1n) is 9.22. The van der Waals surface area contributed by atoms with Crippen LogP contribution in [0.3, 0.4) is 0 Å². The summed E-state index contributed by atoms with van der Waals surface area (Å²) >= 11 is 0. The van der Waals surface area contributed by atoms with Gasteiger partial charge in [-0.05, 0) is 61.2 Å². The molecule has 2 aromatic rings.